The van der Waals surface area contributed by atoms with E-state index in [0.29, 0.717) is 11.9 Å². The van der Waals surface area contributed by atoms with Gasteiger partial charge in [0.25, 0.3) is 0 Å². The molecule has 7 nitrogen and oxygen atoms in total. The first-order chi connectivity index (χ1) is 10.9. The van der Waals surface area contributed by atoms with Crippen molar-refractivity contribution in [2.24, 2.45) is 0 Å². The molecule has 0 spiro atoms. The van der Waals surface area contributed by atoms with E-state index >= 15 is 0 Å². The number of aliphatic hydroxyl groups is 1. The number of rotatable bonds is 3. The molecule has 0 bridgehead atoms. The molecule has 0 amide bonds. The Balaban J connectivity index is 1.88. The van der Waals surface area contributed by atoms with Gasteiger partial charge in [-0.15, -0.1) is 0 Å². The zero-order chi connectivity index (χ0) is 14.9. The fraction of sp³-hybridized carbons (Fsp3) is 0.400. The number of imidazole rings is 1. The van der Waals surface area contributed by atoms with Gasteiger partial charge in [0.1, 0.15) is 23.2 Å². The molecule has 114 valence electrons. The molecule has 0 atom stereocenters. The van der Waals surface area contributed by atoms with Gasteiger partial charge in [0.05, 0.1) is 11.7 Å². The van der Waals surface area contributed by atoms with E-state index in [1.807, 2.05) is 16.8 Å². The van der Waals surface area contributed by atoms with Gasteiger partial charge >= 0.3 is 0 Å². The third kappa shape index (κ3) is 2.18. The van der Waals surface area contributed by atoms with E-state index in [4.69, 9.17) is 4.74 Å². The highest BCUT2D eigenvalue weighted by molar-refractivity contribution is 5.99. The van der Waals surface area contributed by atoms with Crippen molar-refractivity contribution in [2.75, 3.05) is 18.6 Å². The van der Waals surface area contributed by atoms with Crippen LogP contribution in [0.2, 0.25) is 0 Å². The number of nitrogens with one attached hydrogen (secondary N) is 1. The molecule has 1 aliphatic rings. The quantitative estimate of drug-likeness (QED) is 0.756. The fourth-order valence-electron chi connectivity index (χ4n) is 2.87. The Bertz CT molecular complexity index is 810. The molecule has 2 N–H and O–H groups in total. The molecule has 0 aromatic carbocycles. The first-order valence-electron chi connectivity index (χ1n) is 7.43. The lowest BCUT2D eigenvalue weighted by atomic mass is 10.1. The Hall–Kier alpha value is -2.25. The largest absolute Gasteiger partial charge is 0.388 e. The molecule has 7 heteroatoms. The molecule has 3 aromatic heterocycles. The first kappa shape index (κ1) is 13.4. The van der Waals surface area contributed by atoms with Crippen LogP contribution in [-0.2, 0) is 11.3 Å². The van der Waals surface area contributed by atoms with Crippen LogP contribution in [0.25, 0.3) is 22.1 Å². The van der Waals surface area contributed by atoms with Crippen molar-refractivity contribution < 1.29 is 9.84 Å². The minimum atomic E-state index is -0.140. The molecule has 1 saturated heterocycles. The molecule has 3 aromatic rings. The Morgan fingerprint density at radius 1 is 1.27 bits per heavy atom. The summed E-state index contributed by atoms with van der Waals surface area (Å²) in [7, 11) is 0. The van der Waals surface area contributed by atoms with Crippen molar-refractivity contribution >= 4 is 22.1 Å². The van der Waals surface area contributed by atoms with E-state index in [9.17, 15) is 5.11 Å². The van der Waals surface area contributed by atoms with Crippen molar-refractivity contribution in [3.05, 3.63) is 30.4 Å². The lowest BCUT2D eigenvalue weighted by molar-refractivity contribution is 0.0879. The molecule has 0 aliphatic carbocycles. The normalized spacial score (nSPS) is 16.4. The van der Waals surface area contributed by atoms with Crippen LogP contribution in [0.4, 0.5) is 0 Å². The number of fused-ring (bicyclic) bond motifs is 3. The summed E-state index contributed by atoms with van der Waals surface area (Å²) in [5, 5.41) is 9.63. The number of hydrogen-bond acceptors (Lipinski definition) is 6. The topological polar surface area (TPSA) is 85.1 Å². The van der Waals surface area contributed by atoms with Gasteiger partial charge in [0, 0.05) is 25.5 Å². The molecule has 22 heavy (non-hydrogen) atoms. The summed E-state index contributed by atoms with van der Waals surface area (Å²) in [6.07, 6.45) is 5.33. The fourth-order valence-corrected chi connectivity index (χ4v) is 2.87. The average molecular weight is 299 g/mol. The maximum Gasteiger partial charge on any atom is 0.154 e. The highest BCUT2D eigenvalue weighted by atomic mass is 16.5. The Kier molecular flexibility index (Phi) is 3.36. The molecule has 0 saturated carbocycles. The van der Waals surface area contributed by atoms with Gasteiger partial charge in [0.2, 0.25) is 0 Å². The Labute approximate surface area is 126 Å². The Morgan fingerprint density at radius 3 is 2.95 bits per heavy atom. The summed E-state index contributed by atoms with van der Waals surface area (Å²) in [4.78, 5) is 13.3. The zero-order valence-electron chi connectivity index (χ0n) is 12.1. The summed E-state index contributed by atoms with van der Waals surface area (Å²) in [6, 6.07) is 4.08. The van der Waals surface area contributed by atoms with E-state index in [1.54, 1.807) is 12.4 Å². The molecule has 4 rings (SSSR count). The van der Waals surface area contributed by atoms with Crippen molar-refractivity contribution in [3.8, 4) is 0 Å². The highest BCUT2D eigenvalue weighted by Gasteiger charge is 2.19. The first-order valence-corrected chi connectivity index (χ1v) is 7.43. The van der Waals surface area contributed by atoms with Crippen molar-refractivity contribution in [2.45, 2.75) is 25.5 Å². The molecule has 0 radical (unpaired) electrons. The van der Waals surface area contributed by atoms with Gasteiger partial charge in [-0.3, -0.25) is 9.97 Å². The maximum atomic E-state index is 9.63. The average Bonchev–Trinajstić information content (AvgIpc) is 2.94. The van der Waals surface area contributed by atoms with Gasteiger partial charge in [0.15, 0.2) is 5.82 Å². The van der Waals surface area contributed by atoms with Crippen LogP contribution in [0.1, 0.15) is 18.7 Å². The van der Waals surface area contributed by atoms with Crippen molar-refractivity contribution in [3.63, 3.8) is 0 Å². The highest BCUT2D eigenvalue weighted by Crippen LogP contribution is 2.23. The van der Waals surface area contributed by atoms with E-state index in [0.717, 1.165) is 48.1 Å². The molecular weight excluding hydrogens is 282 g/mol. The van der Waals surface area contributed by atoms with Crippen LogP contribution < -0.4 is 5.43 Å². The van der Waals surface area contributed by atoms with Crippen LogP contribution in [0, 0.1) is 0 Å². The smallest absolute Gasteiger partial charge is 0.154 e. The van der Waals surface area contributed by atoms with Crippen molar-refractivity contribution in [1.29, 1.82) is 0 Å². The monoisotopic (exact) mass is 299 g/mol. The number of ether oxygens (including phenoxy) is 1. The minimum Gasteiger partial charge on any atom is -0.388 e. The van der Waals surface area contributed by atoms with Gasteiger partial charge in [-0.1, -0.05) is 0 Å². The van der Waals surface area contributed by atoms with E-state index in [1.165, 1.54) is 0 Å². The van der Waals surface area contributed by atoms with Crippen LogP contribution in [0.3, 0.4) is 0 Å². The summed E-state index contributed by atoms with van der Waals surface area (Å²) in [5.74, 6) is 0.571. The predicted molar refractivity (Wildman–Crippen MR) is 82.0 cm³/mol. The van der Waals surface area contributed by atoms with E-state index in [2.05, 4.69) is 20.4 Å². The third-order valence-electron chi connectivity index (χ3n) is 3.98. The number of aliphatic hydroxyl groups excluding tert-OH is 1. The van der Waals surface area contributed by atoms with Crippen LogP contribution >= 0.6 is 0 Å². The lowest BCUT2D eigenvalue weighted by Crippen LogP contribution is -2.34. The standard InChI is InChI=1S/C15H17N5O2/c21-9-13-18-12-8-17-11-2-1-5-16-14(11)15(12)20(13)19-10-3-6-22-7-4-10/h1-2,5,8,10,19,21H,3-4,6-7,9H2. The van der Waals surface area contributed by atoms with Crippen molar-refractivity contribution in [1.82, 2.24) is 19.6 Å². The summed E-state index contributed by atoms with van der Waals surface area (Å²) in [6.45, 7) is 1.36. The predicted octanol–water partition coefficient (Wildman–Crippen LogP) is 1.19. The SMILES string of the molecule is OCc1nc2cnc3cccnc3c2n1NC1CCOCC1. The van der Waals surface area contributed by atoms with Crippen LogP contribution in [-0.4, -0.2) is 44.0 Å². The molecular formula is C15H17N5O2. The second-order valence-electron chi connectivity index (χ2n) is 5.40. The summed E-state index contributed by atoms with van der Waals surface area (Å²) in [5.41, 5.74) is 6.65. The van der Waals surface area contributed by atoms with Gasteiger partial charge in [-0.25, -0.2) is 9.66 Å². The maximum absolute atomic E-state index is 9.63. The number of pyridine rings is 2. The zero-order valence-corrected chi connectivity index (χ0v) is 12.1. The van der Waals surface area contributed by atoms with Crippen LogP contribution in [0.15, 0.2) is 24.5 Å². The van der Waals surface area contributed by atoms with Crippen LogP contribution in [0.5, 0.6) is 0 Å². The second-order valence-corrected chi connectivity index (χ2v) is 5.40. The molecule has 1 aliphatic heterocycles. The minimum absolute atomic E-state index is 0.140. The molecule has 1 fully saturated rings. The third-order valence-corrected chi connectivity index (χ3v) is 3.98. The number of nitrogens with zero attached hydrogens (tertiary/aromatic N) is 4. The lowest BCUT2D eigenvalue weighted by Gasteiger charge is -2.25. The summed E-state index contributed by atoms with van der Waals surface area (Å²) < 4.78 is 7.26. The van der Waals surface area contributed by atoms with Gasteiger partial charge < -0.3 is 15.3 Å². The summed E-state index contributed by atoms with van der Waals surface area (Å²) >= 11 is 0. The second kappa shape index (κ2) is 5.51. The number of hydrogen-bond donors (Lipinski definition) is 2. The Morgan fingerprint density at radius 2 is 2.14 bits per heavy atom. The number of aromatic nitrogens is 4. The molecule has 4 heterocycles. The van der Waals surface area contributed by atoms with Gasteiger partial charge in [-0.05, 0) is 25.0 Å². The van der Waals surface area contributed by atoms with Gasteiger partial charge in [-0.2, -0.15) is 0 Å². The molecule has 0 unspecified atom stereocenters. The van der Waals surface area contributed by atoms with E-state index < -0.39 is 0 Å². The van der Waals surface area contributed by atoms with E-state index in [-0.39, 0.29) is 6.61 Å².